The van der Waals surface area contributed by atoms with E-state index in [0.29, 0.717) is 12.2 Å². The number of aryl methyl sites for hydroxylation is 1. The lowest BCUT2D eigenvalue weighted by molar-refractivity contribution is 0.0200. The molecule has 0 unspecified atom stereocenters. The summed E-state index contributed by atoms with van der Waals surface area (Å²) >= 11 is 0. The van der Waals surface area contributed by atoms with Gasteiger partial charge in [-0.15, -0.1) is 0 Å². The molecule has 104 valence electrons. The predicted octanol–water partition coefficient (Wildman–Crippen LogP) is 2.74. The van der Waals surface area contributed by atoms with E-state index < -0.39 is 0 Å². The Kier molecular flexibility index (Phi) is 5.15. The highest BCUT2D eigenvalue weighted by molar-refractivity contribution is 5.93. The molecule has 2 rings (SSSR count). The molecule has 0 aromatic heterocycles. The SMILES string of the molecule is Cc1ccc(C(=O)NOCCOc2ccccc2)cc1. The van der Waals surface area contributed by atoms with Gasteiger partial charge >= 0.3 is 0 Å². The molecular weight excluding hydrogens is 254 g/mol. The van der Waals surface area contributed by atoms with Crippen LogP contribution in [0.25, 0.3) is 0 Å². The summed E-state index contributed by atoms with van der Waals surface area (Å²) < 4.78 is 5.43. The molecule has 0 spiro atoms. The third kappa shape index (κ3) is 4.40. The molecule has 0 bridgehead atoms. The molecule has 2 aromatic carbocycles. The van der Waals surface area contributed by atoms with Crippen LogP contribution in [0, 0.1) is 6.92 Å². The zero-order valence-electron chi connectivity index (χ0n) is 11.3. The molecule has 1 amide bonds. The van der Waals surface area contributed by atoms with Gasteiger partial charge in [-0.25, -0.2) is 5.48 Å². The van der Waals surface area contributed by atoms with E-state index in [1.54, 1.807) is 12.1 Å². The van der Waals surface area contributed by atoms with E-state index in [2.05, 4.69) is 5.48 Å². The van der Waals surface area contributed by atoms with Crippen molar-refractivity contribution in [3.63, 3.8) is 0 Å². The normalized spacial score (nSPS) is 10.1. The van der Waals surface area contributed by atoms with Gasteiger partial charge in [0.05, 0.1) is 0 Å². The minimum Gasteiger partial charge on any atom is -0.491 e. The van der Waals surface area contributed by atoms with Crippen molar-refractivity contribution in [2.75, 3.05) is 13.2 Å². The Bertz CT molecular complexity index is 537. The van der Waals surface area contributed by atoms with Crippen molar-refractivity contribution in [3.8, 4) is 5.75 Å². The lowest BCUT2D eigenvalue weighted by Gasteiger charge is -2.08. The molecule has 20 heavy (non-hydrogen) atoms. The van der Waals surface area contributed by atoms with E-state index >= 15 is 0 Å². The molecule has 0 saturated heterocycles. The molecule has 0 atom stereocenters. The van der Waals surface area contributed by atoms with Gasteiger partial charge in [-0.2, -0.15) is 0 Å². The zero-order valence-corrected chi connectivity index (χ0v) is 11.3. The quantitative estimate of drug-likeness (QED) is 0.649. The molecule has 1 N–H and O–H groups in total. The van der Waals surface area contributed by atoms with Crippen LogP contribution in [-0.4, -0.2) is 19.1 Å². The van der Waals surface area contributed by atoms with E-state index in [0.717, 1.165) is 11.3 Å². The first-order chi connectivity index (χ1) is 9.75. The van der Waals surface area contributed by atoms with Gasteiger partial charge in [0.15, 0.2) is 0 Å². The molecule has 0 radical (unpaired) electrons. The molecule has 4 heteroatoms. The number of carbonyl (C=O) groups is 1. The summed E-state index contributed by atoms with van der Waals surface area (Å²) in [6, 6.07) is 16.7. The Morgan fingerprint density at radius 3 is 2.40 bits per heavy atom. The number of para-hydroxylation sites is 1. The number of hydroxylamine groups is 1. The minimum atomic E-state index is -0.260. The van der Waals surface area contributed by atoms with Crippen LogP contribution in [0.15, 0.2) is 54.6 Å². The summed E-state index contributed by atoms with van der Waals surface area (Å²) in [5.74, 6) is 0.519. The average Bonchev–Trinajstić information content (AvgIpc) is 2.48. The lowest BCUT2D eigenvalue weighted by Crippen LogP contribution is -2.25. The number of nitrogens with one attached hydrogen (secondary N) is 1. The number of benzene rings is 2. The zero-order chi connectivity index (χ0) is 14.2. The topological polar surface area (TPSA) is 47.6 Å². The third-order valence-electron chi connectivity index (χ3n) is 2.68. The fourth-order valence-electron chi connectivity index (χ4n) is 1.60. The highest BCUT2D eigenvalue weighted by atomic mass is 16.7. The summed E-state index contributed by atoms with van der Waals surface area (Å²) in [6.45, 7) is 2.63. The molecule has 2 aromatic rings. The average molecular weight is 271 g/mol. The highest BCUT2D eigenvalue weighted by Crippen LogP contribution is 2.07. The number of hydrogen-bond donors (Lipinski definition) is 1. The standard InChI is InChI=1S/C16H17NO3/c1-13-7-9-14(10-8-13)16(18)17-20-12-11-19-15-5-3-2-4-6-15/h2-10H,11-12H2,1H3,(H,17,18). The summed E-state index contributed by atoms with van der Waals surface area (Å²) in [6.07, 6.45) is 0. The summed E-state index contributed by atoms with van der Waals surface area (Å²) in [4.78, 5) is 16.8. The monoisotopic (exact) mass is 271 g/mol. The van der Waals surface area contributed by atoms with Crippen LogP contribution in [0.5, 0.6) is 5.75 Å². The first-order valence-electron chi connectivity index (χ1n) is 6.42. The molecule has 0 aliphatic carbocycles. The van der Waals surface area contributed by atoms with Gasteiger partial charge in [-0.1, -0.05) is 35.9 Å². The molecular formula is C16H17NO3. The van der Waals surface area contributed by atoms with Gasteiger partial charge in [0, 0.05) is 5.56 Å². The summed E-state index contributed by atoms with van der Waals surface area (Å²) in [7, 11) is 0. The maximum absolute atomic E-state index is 11.7. The van der Waals surface area contributed by atoms with Crippen molar-refractivity contribution in [1.82, 2.24) is 5.48 Å². The second kappa shape index (κ2) is 7.31. The van der Waals surface area contributed by atoms with Gasteiger partial charge in [0.2, 0.25) is 0 Å². The van der Waals surface area contributed by atoms with Crippen LogP contribution in [0.1, 0.15) is 15.9 Å². The van der Waals surface area contributed by atoms with Crippen molar-refractivity contribution >= 4 is 5.91 Å². The first kappa shape index (κ1) is 14.1. The van der Waals surface area contributed by atoms with E-state index in [9.17, 15) is 4.79 Å². The number of ether oxygens (including phenoxy) is 1. The third-order valence-corrected chi connectivity index (χ3v) is 2.68. The number of hydrogen-bond acceptors (Lipinski definition) is 3. The largest absolute Gasteiger partial charge is 0.491 e. The summed E-state index contributed by atoms with van der Waals surface area (Å²) in [5, 5.41) is 0. The van der Waals surface area contributed by atoms with E-state index in [1.807, 2.05) is 49.4 Å². The van der Waals surface area contributed by atoms with Crippen molar-refractivity contribution in [2.24, 2.45) is 0 Å². The first-order valence-corrected chi connectivity index (χ1v) is 6.42. The number of rotatable bonds is 6. The van der Waals surface area contributed by atoms with E-state index in [1.165, 1.54) is 0 Å². The predicted molar refractivity (Wildman–Crippen MR) is 76.5 cm³/mol. The highest BCUT2D eigenvalue weighted by Gasteiger charge is 2.04. The van der Waals surface area contributed by atoms with Crippen LogP contribution in [-0.2, 0) is 4.84 Å². The van der Waals surface area contributed by atoms with Gasteiger partial charge in [-0.05, 0) is 31.2 Å². The fourth-order valence-corrected chi connectivity index (χ4v) is 1.60. The maximum Gasteiger partial charge on any atom is 0.274 e. The maximum atomic E-state index is 11.7. The van der Waals surface area contributed by atoms with Gasteiger partial charge in [0.25, 0.3) is 5.91 Å². The van der Waals surface area contributed by atoms with Crippen molar-refractivity contribution in [3.05, 3.63) is 65.7 Å². The Hall–Kier alpha value is -2.33. The Balaban J connectivity index is 1.66. The lowest BCUT2D eigenvalue weighted by atomic mass is 10.1. The van der Waals surface area contributed by atoms with Gasteiger partial charge in [0.1, 0.15) is 19.0 Å². The minimum absolute atomic E-state index is 0.260. The molecule has 0 heterocycles. The van der Waals surface area contributed by atoms with Crippen LogP contribution < -0.4 is 10.2 Å². The second-order valence-corrected chi connectivity index (χ2v) is 4.31. The van der Waals surface area contributed by atoms with E-state index in [4.69, 9.17) is 9.57 Å². The molecule has 0 saturated carbocycles. The smallest absolute Gasteiger partial charge is 0.274 e. The molecule has 0 aliphatic heterocycles. The Labute approximate surface area is 118 Å². The number of amides is 1. The molecule has 0 aliphatic rings. The van der Waals surface area contributed by atoms with Crippen molar-refractivity contribution in [1.29, 1.82) is 0 Å². The molecule has 0 fully saturated rings. The number of carbonyl (C=O) groups excluding carboxylic acids is 1. The van der Waals surface area contributed by atoms with E-state index in [-0.39, 0.29) is 12.5 Å². The van der Waals surface area contributed by atoms with Crippen LogP contribution in [0.4, 0.5) is 0 Å². The van der Waals surface area contributed by atoms with Crippen molar-refractivity contribution in [2.45, 2.75) is 6.92 Å². The van der Waals surface area contributed by atoms with Crippen molar-refractivity contribution < 1.29 is 14.4 Å². The van der Waals surface area contributed by atoms with Crippen LogP contribution >= 0.6 is 0 Å². The fraction of sp³-hybridized carbons (Fsp3) is 0.188. The molecule has 4 nitrogen and oxygen atoms in total. The van der Waals surface area contributed by atoms with Gasteiger partial charge < -0.3 is 4.74 Å². The Morgan fingerprint density at radius 2 is 1.70 bits per heavy atom. The van der Waals surface area contributed by atoms with Crippen LogP contribution in [0.3, 0.4) is 0 Å². The Morgan fingerprint density at radius 1 is 1.00 bits per heavy atom. The van der Waals surface area contributed by atoms with Crippen LogP contribution in [0.2, 0.25) is 0 Å². The van der Waals surface area contributed by atoms with Gasteiger partial charge in [-0.3, -0.25) is 9.63 Å². The second-order valence-electron chi connectivity index (χ2n) is 4.31. The summed E-state index contributed by atoms with van der Waals surface area (Å²) in [5.41, 5.74) is 4.06.